The van der Waals surface area contributed by atoms with Crippen molar-refractivity contribution < 1.29 is 18.3 Å². The van der Waals surface area contributed by atoms with Gasteiger partial charge in [0.05, 0.1) is 4.90 Å². The van der Waals surface area contributed by atoms with Crippen LogP contribution in [0.25, 0.3) is 0 Å². The molecule has 0 amide bonds. The van der Waals surface area contributed by atoms with Gasteiger partial charge in [0, 0.05) is 17.5 Å². The number of hydrogen-bond acceptors (Lipinski definition) is 3. The van der Waals surface area contributed by atoms with E-state index in [1.54, 1.807) is 12.1 Å². The average molecular weight is 438 g/mol. The van der Waals surface area contributed by atoms with Crippen LogP contribution < -0.4 is 4.72 Å². The third kappa shape index (κ3) is 7.80. The number of aliphatic carboxylic acids is 1. The Morgan fingerprint density at radius 3 is 2.17 bits per heavy atom. The van der Waals surface area contributed by atoms with Gasteiger partial charge in [-0.15, -0.1) is 0 Å². The Morgan fingerprint density at radius 2 is 1.66 bits per heavy atom. The summed E-state index contributed by atoms with van der Waals surface area (Å²) in [5.41, 5.74) is 1.82. The number of nitrogens with one attached hydrogen (secondary N) is 1. The zero-order valence-electron chi connectivity index (χ0n) is 17.0. The minimum atomic E-state index is -3.70. The second-order valence-electron chi connectivity index (χ2n) is 8.38. The van der Waals surface area contributed by atoms with Crippen molar-refractivity contribution in [1.82, 2.24) is 4.72 Å². The van der Waals surface area contributed by atoms with Crippen molar-refractivity contribution >= 4 is 27.6 Å². The molecular weight excluding hydrogens is 410 g/mol. The number of carboxylic acid groups (broad SMARTS) is 1. The first-order valence-electron chi connectivity index (χ1n) is 9.55. The highest BCUT2D eigenvalue weighted by Gasteiger charge is 2.26. The fraction of sp³-hybridized carbons (Fsp3) is 0.409. The maximum Gasteiger partial charge on any atom is 0.303 e. The zero-order valence-corrected chi connectivity index (χ0v) is 18.6. The van der Waals surface area contributed by atoms with Gasteiger partial charge in [-0.2, -0.15) is 0 Å². The molecule has 1 unspecified atom stereocenters. The quantitative estimate of drug-likeness (QED) is 0.564. The van der Waals surface area contributed by atoms with E-state index < -0.39 is 16.0 Å². The second kappa shape index (κ2) is 9.74. The number of aryl methyl sites for hydroxylation is 1. The fourth-order valence-electron chi connectivity index (χ4n) is 3.07. The van der Waals surface area contributed by atoms with Crippen molar-refractivity contribution in [2.24, 2.45) is 5.41 Å². The van der Waals surface area contributed by atoms with Gasteiger partial charge >= 0.3 is 5.97 Å². The topological polar surface area (TPSA) is 83.5 Å². The highest BCUT2D eigenvalue weighted by Crippen LogP contribution is 2.31. The molecule has 2 rings (SSSR count). The van der Waals surface area contributed by atoms with E-state index in [-0.39, 0.29) is 22.8 Å². The third-order valence-electron chi connectivity index (χ3n) is 4.48. The van der Waals surface area contributed by atoms with Crippen LogP contribution in [0, 0.1) is 5.41 Å². The summed E-state index contributed by atoms with van der Waals surface area (Å²) in [7, 11) is -3.70. The molecule has 2 aromatic carbocycles. The maximum atomic E-state index is 12.9. The van der Waals surface area contributed by atoms with Crippen molar-refractivity contribution in [2.45, 2.75) is 57.4 Å². The van der Waals surface area contributed by atoms with Crippen LogP contribution >= 0.6 is 11.6 Å². The molecule has 0 fully saturated rings. The van der Waals surface area contributed by atoms with Crippen LogP contribution in [0.2, 0.25) is 5.02 Å². The van der Waals surface area contributed by atoms with Gasteiger partial charge in [0.25, 0.3) is 0 Å². The van der Waals surface area contributed by atoms with E-state index in [1.807, 2.05) is 24.3 Å². The van der Waals surface area contributed by atoms with Gasteiger partial charge in [-0.3, -0.25) is 4.79 Å². The molecule has 7 heteroatoms. The predicted octanol–water partition coefficient (Wildman–Crippen LogP) is 5.20. The summed E-state index contributed by atoms with van der Waals surface area (Å²) in [6.07, 6.45) is 2.00. The molecule has 0 radical (unpaired) electrons. The van der Waals surface area contributed by atoms with E-state index in [9.17, 15) is 13.2 Å². The number of hydrogen-bond donors (Lipinski definition) is 2. The second-order valence-corrected chi connectivity index (χ2v) is 10.5. The molecule has 29 heavy (non-hydrogen) atoms. The smallest absolute Gasteiger partial charge is 0.303 e. The van der Waals surface area contributed by atoms with Crippen LogP contribution in [0.3, 0.4) is 0 Å². The first-order valence-corrected chi connectivity index (χ1v) is 11.4. The average Bonchev–Trinajstić information content (AvgIpc) is 2.60. The summed E-state index contributed by atoms with van der Waals surface area (Å²) in [6.45, 7) is 6.20. The number of halogens is 1. The van der Waals surface area contributed by atoms with Crippen molar-refractivity contribution in [2.75, 3.05) is 0 Å². The zero-order chi connectivity index (χ0) is 21.7. The van der Waals surface area contributed by atoms with Gasteiger partial charge in [-0.25, -0.2) is 13.1 Å². The van der Waals surface area contributed by atoms with Gasteiger partial charge in [0.2, 0.25) is 10.0 Å². The standard InChI is InChI=1S/C22H28ClNO4S/c1-22(2,3)15-20(24-29(27,28)19-13-11-18(23)12-14-19)17-9-7-16(8-10-17)5-4-6-21(25)26/h7-14,20,24H,4-6,15H2,1-3H3,(H,25,26). The molecule has 2 aromatic rings. The molecule has 0 heterocycles. The Hall–Kier alpha value is -1.89. The van der Waals surface area contributed by atoms with Crippen LogP contribution in [-0.4, -0.2) is 19.5 Å². The Bertz CT molecular complexity index is 917. The summed E-state index contributed by atoms with van der Waals surface area (Å²) in [6, 6.07) is 13.4. The van der Waals surface area contributed by atoms with Crippen LogP contribution in [0.4, 0.5) is 0 Å². The monoisotopic (exact) mass is 437 g/mol. The first kappa shape index (κ1) is 23.4. The van der Waals surface area contributed by atoms with Crippen LogP contribution in [0.15, 0.2) is 53.4 Å². The highest BCUT2D eigenvalue weighted by molar-refractivity contribution is 7.89. The lowest BCUT2D eigenvalue weighted by Crippen LogP contribution is -2.31. The minimum absolute atomic E-state index is 0.0899. The summed E-state index contributed by atoms with van der Waals surface area (Å²) in [4.78, 5) is 10.8. The first-order chi connectivity index (χ1) is 13.5. The van der Waals surface area contributed by atoms with Gasteiger partial charge in [-0.1, -0.05) is 56.6 Å². The lowest BCUT2D eigenvalue weighted by molar-refractivity contribution is -0.137. The molecule has 2 N–H and O–H groups in total. The molecular formula is C22H28ClNO4S. The highest BCUT2D eigenvalue weighted by atomic mass is 35.5. The Labute approximate surface area is 178 Å². The molecule has 0 bridgehead atoms. The van der Waals surface area contributed by atoms with E-state index in [0.29, 0.717) is 24.3 Å². The lowest BCUT2D eigenvalue weighted by Gasteiger charge is -2.27. The number of carboxylic acids is 1. The summed E-state index contributed by atoms with van der Waals surface area (Å²) in [5, 5.41) is 9.24. The maximum absolute atomic E-state index is 12.9. The normalized spacial score (nSPS) is 13.2. The number of benzene rings is 2. The predicted molar refractivity (Wildman–Crippen MR) is 116 cm³/mol. The van der Waals surface area contributed by atoms with E-state index in [0.717, 1.165) is 11.1 Å². The van der Waals surface area contributed by atoms with Crippen molar-refractivity contribution in [3.8, 4) is 0 Å². The Morgan fingerprint density at radius 1 is 1.07 bits per heavy atom. The Kier molecular flexibility index (Phi) is 7.86. The van der Waals surface area contributed by atoms with Gasteiger partial charge in [0.15, 0.2) is 0 Å². The minimum Gasteiger partial charge on any atom is -0.481 e. The molecule has 1 atom stereocenters. The molecule has 0 aromatic heterocycles. The molecule has 5 nitrogen and oxygen atoms in total. The molecule has 0 saturated heterocycles. The van der Waals surface area contributed by atoms with Crippen molar-refractivity contribution in [1.29, 1.82) is 0 Å². The molecule has 158 valence electrons. The summed E-state index contributed by atoms with van der Waals surface area (Å²) >= 11 is 5.87. The molecule has 0 spiro atoms. The molecule has 0 aliphatic rings. The van der Waals surface area contributed by atoms with E-state index >= 15 is 0 Å². The SMILES string of the molecule is CC(C)(C)CC(NS(=O)(=O)c1ccc(Cl)cc1)c1ccc(CCCC(=O)O)cc1. The van der Waals surface area contributed by atoms with Gasteiger partial charge in [0.1, 0.15) is 0 Å². The van der Waals surface area contributed by atoms with E-state index in [1.165, 1.54) is 12.1 Å². The summed E-state index contributed by atoms with van der Waals surface area (Å²) in [5.74, 6) is -0.802. The van der Waals surface area contributed by atoms with Crippen LogP contribution in [0.5, 0.6) is 0 Å². The largest absolute Gasteiger partial charge is 0.481 e. The Balaban J connectivity index is 2.21. The van der Waals surface area contributed by atoms with Crippen LogP contribution in [0.1, 0.15) is 57.2 Å². The van der Waals surface area contributed by atoms with Crippen LogP contribution in [-0.2, 0) is 21.2 Å². The summed E-state index contributed by atoms with van der Waals surface area (Å²) < 4.78 is 28.6. The lowest BCUT2D eigenvalue weighted by atomic mass is 9.85. The van der Waals surface area contributed by atoms with Gasteiger partial charge < -0.3 is 5.11 Å². The molecule has 0 aliphatic carbocycles. The molecule has 0 saturated carbocycles. The number of carbonyl (C=O) groups is 1. The van der Waals surface area contributed by atoms with Gasteiger partial charge in [-0.05, 0) is 60.1 Å². The van der Waals surface area contributed by atoms with E-state index in [2.05, 4.69) is 25.5 Å². The third-order valence-corrected chi connectivity index (χ3v) is 6.22. The van der Waals surface area contributed by atoms with Crippen molar-refractivity contribution in [3.63, 3.8) is 0 Å². The van der Waals surface area contributed by atoms with Crippen molar-refractivity contribution in [3.05, 3.63) is 64.7 Å². The number of rotatable bonds is 9. The fourth-order valence-corrected chi connectivity index (χ4v) is 4.42. The number of sulfonamides is 1. The molecule has 0 aliphatic heterocycles. The van der Waals surface area contributed by atoms with E-state index in [4.69, 9.17) is 16.7 Å².